The van der Waals surface area contributed by atoms with Crippen LogP contribution in [0.1, 0.15) is 98.8 Å². The van der Waals surface area contributed by atoms with Gasteiger partial charge in [-0.1, -0.05) is 93.3 Å². The van der Waals surface area contributed by atoms with Crippen molar-refractivity contribution in [2.24, 2.45) is 0 Å². The second-order valence-corrected chi connectivity index (χ2v) is 12.2. The normalized spacial score (nSPS) is 13.9. The number of hydrogen-bond acceptors (Lipinski definition) is 4. The molecule has 1 fully saturated rings. The molecule has 1 heterocycles. The summed E-state index contributed by atoms with van der Waals surface area (Å²) in [6.45, 7) is 12.5. The van der Waals surface area contributed by atoms with Crippen molar-refractivity contribution in [2.45, 2.75) is 84.7 Å². The van der Waals surface area contributed by atoms with E-state index in [1.54, 1.807) is 0 Å². The van der Waals surface area contributed by atoms with E-state index < -0.39 is 0 Å². The first-order valence-electron chi connectivity index (χ1n) is 17.0. The summed E-state index contributed by atoms with van der Waals surface area (Å²) in [4.78, 5) is 31.6. The second-order valence-electron chi connectivity index (χ2n) is 12.2. The summed E-state index contributed by atoms with van der Waals surface area (Å²) in [7, 11) is 0. The number of likely N-dealkylation sites (tertiary alicyclic amines) is 1. The number of hydrogen-bond donors (Lipinski definition) is 3. The van der Waals surface area contributed by atoms with Crippen molar-refractivity contribution in [3.63, 3.8) is 0 Å². The predicted molar refractivity (Wildman–Crippen MR) is 187 cm³/mol. The lowest BCUT2D eigenvalue weighted by Gasteiger charge is -2.38. The van der Waals surface area contributed by atoms with Gasteiger partial charge in [-0.15, -0.1) is 0 Å². The van der Waals surface area contributed by atoms with Crippen LogP contribution < -0.4 is 20.9 Å². The van der Waals surface area contributed by atoms with Crippen molar-refractivity contribution in [3.8, 4) is 0 Å². The Morgan fingerprint density at radius 1 is 0.844 bits per heavy atom. The van der Waals surface area contributed by atoms with Crippen molar-refractivity contribution in [1.29, 1.82) is 0 Å². The zero-order valence-corrected chi connectivity index (χ0v) is 27.8. The SMILES string of the molecule is CCCCCCCNC(=O)Nc1c(C)cc(N(CC)CC)cc1C(=O)NC1CCN(C(c2ccccc2)c2ccccc2)CC1. The Labute approximate surface area is 270 Å². The van der Waals surface area contributed by atoms with Crippen molar-refractivity contribution in [3.05, 3.63) is 95.1 Å². The van der Waals surface area contributed by atoms with Gasteiger partial charge in [-0.05, 0) is 68.9 Å². The van der Waals surface area contributed by atoms with E-state index in [-0.39, 0.29) is 24.0 Å². The Bertz CT molecular complexity index is 1300. The van der Waals surface area contributed by atoms with Gasteiger partial charge < -0.3 is 20.9 Å². The minimum atomic E-state index is -0.264. The number of benzene rings is 3. The van der Waals surface area contributed by atoms with E-state index in [9.17, 15) is 9.59 Å². The molecule has 0 spiro atoms. The lowest BCUT2D eigenvalue weighted by molar-refractivity contribution is 0.0901. The molecule has 3 aromatic rings. The highest BCUT2D eigenvalue weighted by atomic mass is 16.2. The molecule has 1 aliphatic heterocycles. The van der Waals surface area contributed by atoms with Gasteiger partial charge >= 0.3 is 6.03 Å². The predicted octanol–water partition coefficient (Wildman–Crippen LogP) is 7.92. The number of carbonyl (C=O) groups is 2. The standard InChI is InChI=1S/C38H53N5O2/c1-5-8-9-10-17-24-39-38(45)41-35-29(4)27-33(42(6-2)7-3)28-34(35)37(44)40-32-22-25-43(26-23-32)36(30-18-13-11-14-19-30)31-20-15-12-16-21-31/h11-16,18-21,27-28,32,36H,5-10,17,22-26H2,1-4H3,(H,40,44)(H2,39,41,45). The fourth-order valence-electron chi connectivity index (χ4n) is 6.42. The second kappa shape index (κ2) is 17.6. The highest BCUT2D eigenvalue weighted by molar-refractivity contribution is 6.05. The topological polar surface area (TPSA) is 76.7 Å². The van der Waals surface area contributed by atoms with E-state index >= 15 is 0 Å². The average Bonchev–Trinajstić information content (AvgIpc) is 3.06. The largest absolute Gasteiger partial charge is 0.372 e. The maximum atomic E-state index is 13.9. The third-order valence-corrected chi connectivity index (χ3v) is 8.96. The maximum absolute atomic E-state index is 13.9. The molecule has 3 aromatic carbocycles. The molecule has 3 amide bonds. The highest BCUT2D eigenvalue weighted by Gasteiger charge is 2.29. The molecule has 0 saturated carbocycles. The van der Waals surface area contributed by atoms with E-state index in [1.165, 1.54) is 30.4 Å². The minimum absolute atomic E-state index is 0.0585. The molecule has 1 saturated heterocycles. The van der Waals surface area contributed by atoms with Crippen LogP contribution in [0.3, 0.4) is 0 Å². The molecule has 7 nitrogen and oxygen atoms in total. The Balaban J connectivity index is 1.45. The Kier molecular flexibility index (Phi) is 13.3. The third-order valence-electron chi connectivity index (χ3n) is 8.96. The molecule has 0 aliphatic carbocycles. The van der Waals surface area contributed by atoms with Crippen LogP contribution in [0, 0.1) is 6.92 Å². The zero-order valence-electron chi connectivity index (χ0n) is 27.8. The van der Waals surface area contributed by atoms with Crippen LogP contribution in [-0.2, 0) is 0 Å². The number of urea groups is 1. The lowest BCUT2D eigenvalue weighted by atomic mass is 9.94. The van der Waals surface area contributed by atoms with Gasteiger partial charge in [-0.3, -0.25) is 9.69 Å². The summed E-state index contributed by atoms with van der Waals surface area (Å²) in [5.41, 5.74) is 5.54. The number of nitrogens with one attached hydrogen (secondary N) is 3. The number of amides is 3. The summed E-state index contributed by atoms with van der Waals surface area (Å²) in [5, 5.41) is 9.34. The van der Waals surface area contributed by atoms with Crippen LogP contribution in [-0.4, -0.2) is 55.6 Å². The van der Waals surface area contributed by atoms with Crippen molar-refractivity contribution in [1.82, 2.24) is 15.5 Å². The van der Waals surface area contributed by atoms with Gasteiger partial charge in [0.1, 0.15) is 0 Å². The van der Waals surface area contributed by atoms with Gasteiger partial charge in [0.15, 0.2) is 0 Å². The lowest BCUT2D eigenvalue weighted by Crippen LogP contribution is -2.46. The first-order chi connectivity index (χ1) is 21.9. The van der Waals surface area contributed by atoms with E-state index in [0.29, 0.717) is 17.8 Å². The fraction of sp³-hybridized carbons (Fsp3) is 0.474. The van der Waals surface area contributed by atoms with Crippen LogP contribution >= 0.6 is 0 Å². The third kappa shape index (κ3) is 9.57. The van der Waals surface area contributed by atoms with Crippen LogP contribution in [0.5, 0.6) is 0 Å². The summed E-state index contributed by atoms with van der Waals surface area (Å²) in [6, 6.07) is 25.3. The molecular weight excluding hydrogens is 558 g/mol. The molecule has 0 atom stereocenters. The molecule has 242 valence electrons. The first-order valence-corrected chi connectivity index (χ1v) is 17.0. The Morgan fingerprint density at radius 3 is 2.02 bits per heavy atom. The molecule has 7 heteroatoms. The molecule has 0 aromatic heterocycles. The minimum Gasteiger partial charge on any atom is -0.372 e. The van der Waals surface area contributed by atoms with Gasteiger partial charge in [0.25, 0.3) is 5.91 Å². The summed E-state index contributed by atoms with van der Waals surface area (Å²) in [6.07, 6.45) is 7.39. The maximum Gasteiger partial charge on any atom is 0.319 e. The van der Waals surface area contributed by atoms with Crippen molar-refractivity contribution in [2.75, 3.05) is 42.9 Å². The molecule has 1 aliphatic rings. The highest BCUT2D eigenvalue weighted by Crippen LogP contribution is 2.32. The van der Waals surface area contributed by atoms with Crippen LogP contribution in [0.15, 0.2) is 72.8 Å². The summed E-state index contributed by atoms with van der Waals surface area (Å²) in [5.74, 6) is -0.136. The first kappa shape index (κ1) is 34.0. The molecule has 0 unspecified atom stereocenters. The Hall–Kier alpha value is -3.84. The van der Waals surface area contributed by atoms with Gasteiger partial charge in [-0.2, -0.15) is 0 Å². The monoisotopic (exact) mass is 611 g/mol. The van der Waals surface area contributed by atoms with E-state index in [1.807, 2.05) is 13.0 Å². The smallest absolute Gasteiger partial charge is 0.319 e. The molecule has 4 rings (SSSR count). The van der Waals surface area contributed by atoms with Crippen LogP contribution in [0.4, 0.5) is 16.2 Å². The quantitative estimate of drug-likeness (QED) is 0.153. The van der Waals surface area contributed by atoms with Crippen LogP contribution in [0.2, 0.25) is 0 Å². The molecule has 45 heavy (non-hydrogen) atoms. The number of unbranched alkanes of at least 4 members (excludes halogenated alkanes) is 4. The Morgan fingerprint density at radius 2 is 1.44 bits per heavy atom. The van der Waals surface area contributed by atoms with Crippen molar-refractivity contribution >= 4 is 23.3 Å². The number of rotatable bonds is 15. The summed E-state index contributed by atoms with van der Waals surface area (Å²) >= 11 is 0. The van der Waals surface area contributed by atoms with E-state index in [2.05, 4.69) is 113 Å². The van der Waals surface area contributed by atoms with Gasteiger partial charge in [-0.25, -0.2) is 4.79 Å². The van der Waals surface area contributed by atoms with Gasteiger partial charge in [0.05, 0.1) is 17.3 Å². The van der Waals surface area contributed by atoms with Gasteiger partial charge in [0, 0.05) is 44.5 Å². The number of piperidine rings is 1. The van der Waals surface area contributed by atoms with E-state index in [4.69, 9.17) is 0 Å². The van der Waals surface area contributed by atoms with Crippen molar-refractivity contribution < 1.29 is 9.59 Å². The number of anilines is 2. The summed E-state index contributed by atoms with van der Waals surface area (Å²) < 4.78 is 0. The fourth-order valence-corrected chi connectivity index (χ4v) is 6.42. The molecular formula is C38H53N5O2. The molecule has 3 N–H and O–H groups in total. The number of nitrogens with zero attached hydrogens (tertiary/aromatic N) is 2. The average molecular weight is 612 g/mol. The van der Waals surface area contributed by atoms with Crippen LogP contribution in [0.25, 0.3) is 0 Å². The molecule has 0 bridgehead atoms. The molecule has 0 radical (unpaired) electrons. The number of aryl methyl sites for hydroxylation is 1. The number of carbonyl (C=O) groups excluding carboxylic acids is 2. The zero-order chi connectivity index (χ0) is 32.0. The van der Waals surface area contributed by atoms with Gasteiger partial charge in [0.2, 0.25) is 0 Å². The van der Waals surface area contributed by atoms with E-state index in [0.717, 1.165) is 63.1 Å².